The van der Waals surface area contributed by atoms with Crippen molar-refractivity contribution < 1.29 is 9.53 Å². The molecule has 3 atom stereocenters. The number of benzene rings is 2. The molecule has 0 saturated heterocycles. The van der Waals surface area contributed by atoms with Crippen LogP contribution in [0.5, 0.6) is 5.75 Å². The summed E-state index contributed by atoms with van der Waals surface area (Å²) in [5.74, 6) is 1.48. The van der Waals surface area contributed by atoms with Gasteiger partial charge in [0.1, 0.15) is 12.4 Å². The van der Waals surface area contributed by atoms with Crippen molar-refractivity contribution >= 4 is 18.3 Å². The summed E-state index contributed by atoms with van der Waals surface area (Å²) >= 11 is 0. The van der Waals surface area contributed by atoms with Gasteiger partial charge in [0.15, 0.2) is 0 Å². The molecule has 2 N–H and O–H groups in total. The van der Waals surface area contributed by atoms with Gasteiger partial charge in [-0.1, -0.05) is 49.4 Å². The van der Waals surface area contributed by atoms with Crippen LogP contribution in [-0.2, 0) is 11.4 Å². The standard InChI is InChI=1S/C22H28N2O2.ClH/c1-3-23-16(2)14-24-22(25)21-13-20(21)18-9-11-19(12-10-18)26-15-17-7-5-4-6-8-17;/h4-12,16,20-21,23H,3,13-15H2,1-2H3,(H,24,25);1H/t16-,20?,21?;/m1./s1. The topological polar surface area (TPSA) is 50.4 Å². The quantitative estimate of drug-likeness (QED) is 0.684. The molecule has 0 heterocycles. The normalized spacial score (nSPS) is 18.9. The maximum absolute atomic E-state index is 12.3. The highest BCUT2D eigenvalue weighted by Gasteiger charge is 2.43. The van der Waals surface area contributed by atoms with Crippen LogP contribution >= 0.6 is 12.4 Å². The van der Waals surface area contributed by atoms with Crippen molar-refractivity contribution in [2.75, 3.05) is 13.1 Å². The number of hydrogen-bond donors (Lipinski definition) is 2. The van der Waals surface area contributed by atoms with E-state index in [1.54, 1.807) is 0 Å². The summed E-state index contributed by atoms with van der Waals surface area (Å²) in [7, 11) is 0. The van der Waals surface area contributed by atoms with Gasteiger partial charge in [-0.25, -0.2) is 0 Å². The molecule has 27 heavy (non-hydrogen) atoms. The van der Waals surface area contributed by atoms with E-state index in [2.05, 4.69) is 48.7 Å². The summed E-state index contributed by atoms with van der Waals surface area (Å²) in [5, 5.41) is 6.36. The monoisotopic (exact) mass is 388 g/mol. The SMILES string of the molecule is CCN[C@H](C)CNC(=O)C1CC1c1ccc(OCc2ccccc2)cc1.Cl. The predicted octanol–water partition coefficient (Wildman–Crippen LogP) is 3.91. The molecule has 1 saturated carbocycles. The minimum absolute atomic E-state index is 0. The molecule has 0 aliphatic heterocycles. The largest absolute Gasteiger partial charge is 0.489 e. The number of carbonyl (C=O) groups is 1. The Morgan fingerprint density at radius 2 is 1.85 bits per heavy atom. The van der Waals surface area contributed by atoms with Crippen LogP contribution in [0.25, 0.3) is 0 Å². The van der Waals surface area contributed by atoms with Crippen molar-refractivity contribution in [1.29, 1.82) is 0 Å². The third-order valence-corrected chi connectivity index (χ3v) is 4.82. The number of halogens is 1. The van der Waals surface area contributed by atoms with Gasteiger partial charge in [-0.05, 0) is 49.1 Å². The highest BCUT2D eigenvalue weighted by molar-refractivity contribution is 5.85. The number of nitrogens with one attached hydrogen (secondary N) is 2. The summed E-state index contributed by atoms with van der Waals surface area (Å²) in [6.07, 6.45) is 0.936. The summed E-state index contributed by atoms with van der Waals surface area (Å²) < 4.78 is 5.82. The highest BCUT2D eigenvalue weighted by Crippen LogP contribution is 2.47. The number of ether oxygens (including phenoxy) is 1. The van der Waals surface area contributed by atoms with Gasteiger partial charge in [0, 0.05) is 18.5 Å². The van der Waals surface area contributed by atoms with E-state index < -0.39 is 0 Å². The van der Waals surface area contributed by atoms with E-state index in [-0.39, 0.29) is 24.2 Å². The fraction of sp³-hybridized carbons (Fsp3) is 0.409. The van der Waals surface area contributed by atoms with Crippen molar-refractivity contribution in [2.24, 2.45) is 5.92 Å². The van der Waals surface area contributed by atoms with Gasteiger partial charge in [0.25, 0.3) is 0 Å². The van der Waals surface area contributed by atoms with Gasteiger partial charge in [0.05, 0.1) is 0 Å². The average molecular weight is 389 g/mol. The lowest BCUT2D eigenvalue weighted by Crippen LogP contribution is -2.39. The molecular formula is C22H29ClN2O2. The van der Waals surface area contributed by atoms with Gasteiger partial charge < -0.3 is 15.4 Å². The van der Waals surface area contributed by atoms with Gasteiger partial charge >= 0.3 is 0 Å². The van der Waals surface area contributed by atoms with E-state index in [0.29, 0.717) is 25.1 Å². The minimum atomic E-state index is 0. The summed E-state index contributed by atoms with van der Waals surface area (Å²) in [4.78, 5) is 12.3. The molecule has 2 unspecified atom stereocenters. The van der Waals surface area contributed by atoms with Crippen molar-refractivity contribution in [3.8, 4) is 5.75 Å². The molecule has 1 fully saturated rings. The van der Waals surface area contributed by atoms with Crippen molar-refractivity contribution in [2.45, 2.75) is 38.8 Å². The molecule has 1 aliphatic carbocycles. The molecule has 0 radical (unpaired) electrons. The zero-order valence-electron chi connectivity index (χ0n) is 16.0. The molecule has 0 spiro atoms. The fourth-order valence-electron chi connectivity index (χ4n) is 3.21. The molecule has 2 aromatic carbocycles. The second-order valence-electron chi connectivity index (χ2n) is 7.00. The Morgan fingerprint density at radius 1 is 1.15 bits per heavy atom. The molecule has 0 bridgehead atoms. The molecular weight excluding hydrogens is 360 g/mol. The smallest absolute Gasteiger partial charge is 0.223 e. The number of rotatable bonds is 9. The fourth-order valence-corrected chi connectivity index (χ4v) is 3.21. The molecule has 5 heteroatoms. The van der Waals surface area contributed by atoms with Crippen LogP contribution in [-0.4, -0.2) is 25.0 Å². The summed E-state index contributed by atoms with van der Waals surface area (Å²) in [5.41, 5.74) is 2.37. The first kappa shape index (κ1) is 21.3. The average Bonchev–Trinajstić information content (AvgIpc) is 3.47. The van der Waals surface area contributed by atoms with Crippen molar-refractivity contribution in [1.82, 2.24) is 10.6 Å². The zero-order valence-corrected chi connectivity index (χ0v) is 16.8. The van der Waals surface area contributed by atoms with Gasteiger partial charge in [-0.3, -0.25) is 4.79 Å². The van der Waals surface area contributed by atoms with Crippen LogP contribution in [0.4, 0.5) is 0 Å². The van der Waals surface area contributed by atoms with E-state index >= 15 is 0 Å². The molecule has 2 aromatic rings. The minimum Gasteiger partial charge on any atom is -0.489 e. The Morgan fingerprint density at radius 3 is 2.52 bits per heavy atom. The Balaban J connectivity index is 0.00000261. The first-order chi connectivity index (χ1) is 12.7. The van der Waals surface area contributed by atoms with Gasteiger partial charge in [-0.2, -0.15) is 0 Å². The molecule has 0 aromatic heterocycles. The second-order valence-corrected chi connectivity index (χ2v) is 7.00. The van der Waals surface area contributed by atoms with Crippen LogP contribution in [0.1, 0.15) is 37.3 Å². The van der Waals surface area contributed by atoms with Crippen LogP contribution in [0.3, 0.4) is 0 Å². The number of hydrogen-bond acceptors (Lipinski definition) is 3. The Bertz CT molecular complexity index is 706. The van der Waals surface area contributed by atoms with E-state index in [9.17, 15) is 4.79 Å². The van der Waals surface area contributed by atoms with E-state index in [1.807, 2.05) is 30.3 Å². The first-order valence-electron chi connectivity index (χ1n) is 9.45. The Hall–Kier alpha value is -2.04. The van der Waals surface area contributed by atoms with Crippen LogP contribution < -0.4 is 15.4 Å². The summed E-state index contributed by atoms with van der Waals surface area (Å²) in [6.45, 7) is 6.33. The van der Waals surface area contributed by atoms with E-state index in [1.165, 1.54) is 5.56 Å². The Labute approximate surface area is 168 Å². The first-order valence-corrected chi connectivity index (χ1v) is 9.45. The Kier molecular flexibility index (Phi) is 8.14. The van der Waals surface area contributed by atoms with Crippen LogP contribution in [0.15, 0.2) is 54.6 Å². The lowest BCUT2D eigenvalue weighted by molar-refractivity contribution is -0.122. The van der Waals surface area contributed by atoms with E-state index in [0.717, 1.165) is 24.3 Å². The molecule has 146 valence electrons. The number of likely N-dealkylation sites (N-methyl/N-ethyl adjacent to an activating group) is 1. The lowest BCUT2D eigenvalue weighted by atomic mass is 10.1. The molecule has 1 aliphatic rings. The maximum Gasteiger partial charge on any atom is 0.223 e. The third kappa shape index (κ3) is 6.26. The third-order valence-electron chi connectivity index (χ3n) is 4.82. The van der Waals surface area contributed by atoms with E-state index in [4.69, 9.17) is 4.74 Å². The zero-order chi connectivity index (χ0) is 18.4. The summed E-state index contributed by atoms with van der Waals surface area (Å²) in [6, 6.07) is 18.6. The van der Waals surface area contributed by atoms with Crippen LogP contribution in [0, 0.1) is 5.92 Å². The number of carbonyl (C=O) groups excluding carboxylic acids is 1. The van der Waals surface area contributed by atoms with Gasteiger partial charge in [-0.15, -0.1) is 12.4 Å². The van der Waals surface area contributed by atoms with Crippen molar-refractivity contribution in [3.63, 3.8) is 0 Å². The predicted molar refractivity (Wildman–Crippen MR) is 111 cm³/mol. The highest BCUT2D eigenvalue weighted by atomic mass is 35.5. The molecule has 4 nitrogen and oxygen atoms in total. The molecule has 1 amide bonds. The lowest BCUT2D eigenvalue weighted by Gasteiger charge is -2.13. The van der Waals surface area contributed by atoms with Gasteiger partial charge in [0.2, 0.25) is 5.91 Å². The maximum atomic E-state index is 12.3. The van der Waals surface area contributed by atoms with Crippen LogP contribution in [0.2, 0.25) is 0 Å². The second kappa shape index (κ2) is 10.3. The number of amides is 1. The van der Waals surface area contributed by atoms with Crippen molar-refractivity contribution in [3.05, 3.63) is 65.7 Å². The molecule has 3 rings (SSSR count).